The molecular formula is C21H21ClN4O3. The van der Waals surface area contributed by atoms with E-state index in [9.17, 15) is 4.79 Å². The maximum Gasteiger partial charge on any atom is 0.251 e. The van der Waals surface area contributed by atoms with E-state index in [-0.39, 0.29) is 18.0 Å². The Hall–Kier alpha value is -2.90. The van der Waals surface area contributed by atoms with Gasteiger partial charge in [-0.2, -0.15) is 4.98 Å². The van der Waals surface area contributed by atoms with E-state index >= 15 is 0 Å². The summed E-state index contributed by atoms with van der Waals surface area (Å²) in [5, 5.41) is 7.83. The van der Waals surface area contributed by atoms with E-state index in [0.717, 1.165) is 11.3 Å². The molecule has 1 fully saturated rings. The largest absolute Gasteiger partial charge is 0.497 e. The number of likely N-dealkylation sites (tertiary alicyclic amines) is 1. The molecule has 0 unspecified atom stereocenters. The van der Waals surface area contributed by atoms with Crippen LogP contribution in [0.25, 0.3) is 11.4 Å². The maximum absolute atomic E-state index is 12.5. The molecule has 0 spiro atoms. The number of hydrogen-bond acceptors (Lipinski definition) is 6. The van der Waals surface area contributed by atoms with Crippen LogP contribution in [0.4, 0.5) is 0 Å². The Kier molecular flexibility index (Phi) is 5.51. The average Bonchev–Trinajstić information content (AvgIpc) is 3.35. The molecule has 1 saturated heterocycles. The standard InChI is InChI=1S/C21H21ClN4O3/c1-26-12-16(23-20(27)14-5-9-17(28-2)10-6-14)11-18(26)21-24-19(25-29-21)13-3-7-15(22)8-4-13/h3-10,16,18H,11-12H2,1-2H3,(H,23,27)/t16-,18-/m0/s1. The molecular weight excluding hydrogens is 392 g/mol. The molecule has 0 bridgehead atoms. The van der Waals surface area contributed by atoms with Gasteiger partial charge in [0, 0.05) is 28.7 Å². The number of hydrogen-bond donors (Lipinski definition) is 1. The molecule has 1 aliphatic heterocycles. The Balaban J connectivity index is 1.42. The predicted molar refractivity (Wildman–Crippen MR) is 109 cm³/mol. The van der Waals surface area contributed by atoms with E-state index in [0.29, 0.717) is 35.3 Å². The van der Waals surface area contributed by atoms with Gasteiger partial charge in [-0.25, -0.2) is 0 Å². The number of ether oxygens (including phenoxy) is 1. The lowest BCUT2D eigenvalue weighted by Gasteiger charge is -2.14. The average molecular weight is 413 g/mol. The Morgan fingerprint density at radius 3 is 2.62 bits per heavy atom. The SMILES string of the molecule is COc1ccc(C(=O)N[C@H]2C[C@@H](c3nc(-c4ccc(Cl)cc4)no3)N(C)C2)cc1. The summed E-state index contributed by atoms with van der Waals surface area (Å²) in [6, 6.07) is 14.3. The molecule has 0 saturated carbocycles. The topological polar surface area (TPSA) is 80.5 Å². The summed E-state index contributed by atoms with van der Waals surface area (Å²) >= 11 is 5.93. The molecule has 150 valence electrons. The fourth-order valence-electron chi connectivity index (χ4n) is 3.49. The summed E-state index contributed by atoms with van der Waals surface area (Å²) in [6.07, 6.45) is 0.695. The van der Waals surface area contributed by atoms with E-state index in [1.165, 1.54) is 0 Å². The van der Waals surface area contributed by atoms with Crippen LogP contribution in [0, 0.1) is 0 Å². The second-order valence-electron chi connectivity index (χ2n) is 7.05. The summed E-state index contributed by atoms with van der Waals surface area (Å²) in [5.41, 5.74) is 1.44. The highest BCUT2D eigenvalue weighted by Crippen LogP contribution is 2.31. The van der Waals surface area contributed by atoms with Gasteiger partial charge in [0.15, 0.2) is 0 Å². The van der Waals surface area contributed by atoms with Crippen LogP contribution in [0.15, 0.2) is 53.1 Å². The first-order chi connectivity index (χ1) is 14.0. The highest BCUT2D eigenvalue weighted by atomic mass is 35.5. The fourth-order valence-corrected chi connectivity index (χ4v) is 3.62. The first-order valence-electron chi connectivity index (χ1n) is 9.28. The third-order valence-electron chi connectivity index (χ3n) is 5.06. The van der Waals surface area contributed by atoms with Gasteiger partial charge in [-0.15, -0.1) is 0 Å². The van der Waals surface area contributed by atoms with E-state index in [1.807, 2.05) is 19.2 Å². The summed E-state index contributed by atoms with van der Waals surface area (Å²) in [5.74, 6) is 1.67. The number of nitrogens with one attached hydrogen (secondary N) is 1. The highest BCUT2D eigenvalue weighted by Gasteiger charge is 2.35. The van der Waals surface area contributed by atoms with Crippen LogP contribution < -0.4 is 10.1 Å². The second kappa shape index (κ2) is 8.23. The Labute approximate surface area is 173 Å². The van der Waals surface area contributed by atoms with E-state index in [1.54, 1.807) is 43.5 Å². The Morgan fingerprint density at radius 1 is 1.21 bits per heavy atom. The van der Waals surface area contributed by atoms with Gasteiger partial charge in [-0.05, 0) is 62.0 Å². The van der Waals surface area contributed by atoms with Gasteiger partial charge in [-0.3, -0.25) is 9.69 Å². The van der Waals surface area contributed by atoms with Crippen LogP contribution >= 0.6 is 11.6 Å². The zero-order valence-electron chi connectivity index (χ0n) is 16.1. The normalized spacial score (nSPS) is 19.3. The highest BCUT2D eigenvalue weighted by molar-refractivity contribution is 6.30. The number of rotatable bonds is 5. The lowest BCUT2D eigenvalue weighted by atomic mass is 10.1. The number of carbonyl (C=O) groups is 1. The molecule has 7 nitrogen and oxygen atoms in total. The summed E-state index contributed by atoms with van der Waals surface area (Å²) in [6.45, 7) is 0.700. The number of nitrogens with zero attached hydrogens (tertiary/aromatic N) is 3. The second-order valence-corrected chi connectivity index (χ2v) is 7.49. The zero-order chi connectivity index (χ0) is 20.4. The summed E-state index contributed by atoms with van der Waals surface area (Å²) in [7, 11) is 3.58. The third-order valence-corrected chi connectivity index (χ3v) is 5.32. The summed E-state index contributed by atoms with van der Waals surface area (Å²) in [4.78, 5) is 19.2. The van der Waals surface area contributed by atoms with Crippen LogP contribution in [-0.2, 0) is 0 Å². The van der Waals surface area contributed by atoms with Gasteiger partial charge >= 0.3 is 0 Å². The lowest BCUT2D eigenvalue weighted by Crippen LogP contribution is -2.36. The number of benzene rings is 2. The molecule has 29 heavy (non-hydrogen) atoms. The molecule has 2 aromatic carbocycles. The molecule has 1 amide bonds. The van der Waals surface area contributed by atoms with Gasteiger partial charge in [-0.1, -0.05) is 16.8 Å². The minimum atomic E-state index is -0.112. The quantitative estimate of drug-likeness (QED) is 0.690. The van der Waals surface area contributed by atoms with Crippen molar-refractivity contribution in [2.75, 3.05) is 20.7 Å². The third kappa shape index (κ3) is 4.26. The molecule has 2 heterocycles. The number of carbonyl (C=O) groups excluding carboxylic acids is 1. The van der Waals surface area contributed by atoms with E-state index in [2.05, 4.69) is 20.4 Å². The van der Waals surface area contributed by atoms with Gasteiger partial charge < -0.3 is 14.6 Å². The van der Waals surface area contributed by atoms with Crippen molar-refractivity contribution in [3.05, 3.63) is 65.0 Å². The first-order valence-corrected chi connectivity index (χ1v) is 9.66. The van der Waals surface area contributed by atoms with Gasteiger partial charge in [0.05, 0.1) is 13.2 Å². The van der Waals surface area contributed by atoms with E-state index in [4.69, 9.17) is 20.9 Å². The van der Waals surface area contributed by atoms with Crippen molar-refractivity contribution in [1.82, 2.24) is 20.4 Å². The van der Waals surface area contributed by atoms with E-state index < -0.39 is 0 Å². The van der Waals surface area contributed by atoms with Crippen molar-refractivity contribution in [1.29, 1.82) is 0 Å². The zero-order valence-corrected chi connectivity index (χ0v) is 16.9. The lowest BCUT2D eigenvalue weighted by molar-refractivity contribution is 0.0938. The van der Waals surface area contributed by atoms with Gasteiger partial charge in [0.25, 0.3) is 5.91 Å². The Bertz CT molecular complexity index is 988. The van der Waals surface area contributed by atoms with Crippen LogP contribution in [0.5, 0.6) is 5.75 Å². The van der Waals surface area contributed by atoms with Crippen molar-refractivity contribution in [3.63, 3.8) is 0 Å². The predicted octanol–water partition coefficient (Wildman–Crippen LogP) is 3.57. The van der Waals surface area contributed by atoms with Crippen LogP contribution in [0.1, 0.15) is 28.7 Å². The van der Waals surface area contributed by atoms with Crippen LogP contribution in [-0.4, -0.2) is 47.7 Å². The van der Waals surface area contributed by atoms with Crippen molar-refractivity contribution in [3.8, 4) is 17.1 Å². The van der Waals surface area contributed by atoms with Crippen molar-refractivity contribution >= 4 is 17.5 Å². The Morgan fingerprint density at radius 2 is 1.93 bits per heavy atom. The molecule has 4 rings (SSSR count). The molecule has 1 aliphatic rings. The van der Waals surface area contributed by atoms with Crippen molar-refractivity contribution in [2.45, 2.75) is 18.5 Å². The number of aromatic nitrogens is 2. The number of methoxy groups -OCH3 is 1. The fraction of sp³-hybridized carbons (Fsp3) is 0.286. The van der Waals surface area contributed by atoms with Crippen LogP contribution in [0.3, 0.4) is 0 Å². The van der Waals surface area contributed by atoms with Gasteiger partial charge in [0.1, 0.15) is 5.75 Å². The monoisotopic (exact) mass is 412 g/mol. The molecule has 0 radical (unpaired) electrons. The molecule has 2 atom stereocenters. The minimum Gasteiger partial charge on any atom is -0.497 e. The molecule has 1 N–H and O–H groups in total. The molecule has 0 aliphatic carbocycles. The van der Waals surface area contributed by atoms with Crippen molar-refractivity contribution in [2.24, 2.45) is 0 Å². The maximum atomic E-state index is 12.5. The first kappa shape index (κ1) is 19.4. The number of halogens is 1. The van der Waals surface area contributed by atoms with Crippen LogP contribution in [0.2, 0.25) is 5.02 Å². The van der Waals surface area contributed by atoms with Gasteiger partial charge in [0.2, 0.25) is 11.7 Å². The smallest absolute Gasteiger partial charge is 0.251 e. The molecule has 1 aromatic heterocycles. The number of amides is 1. The van der Waals surface area contributed by atoms with Crippen molar-refractivity contribution < 1.29 is 14.1 Å². The molecule has 3 aromatic rings. The summed E-state index contributed by atoms with van der Waals surface area (Å²) < 4.78 is 10.6. The number of likely N-dealkylation sites (N-methyl/N-ethyl adjacent to an activating group) is 1. The molecule has 8 heteroatoms. The minimum absolute atomic E-state index is 0.00881.